The minimum absolute atomic E-state index is 0.0634. The Bertz CT molecular complexity index is 529. The first-order valence-corrected chi connectivity index (χ1v) is 6.33. The number of nitrogen functional groups attached to an aromatic ring is 1. The molecule has 5 heteroatoms. The van der Waals surface area contributed by atoms with E-state index in [-0.39, 0.29) is 5.41 Å². The molecule has 2 rings (SSSR count). The van der Waals surface area contributed by atoms with Gasteiger partial charge in [0, 0.05) is 5.41 Å². The third-order valence-corrected chi connectivity index (χ3v) is 3.43. The number of nitrogens with zero attached hydrogens (tertiary/aromatic N) is 2. The maximum Gasteiger partial charge on any atom is 0.165 e. The summed E-state index contributed by atoms with van der Waals surface area (Å²) in [4.78, 5) is 8.88. The SMILES string of the molecule is CC(C)(C)c1nc(-c2ccoc2)nc(N)c1I. The van der Waals surface area contributed by atoms with Crippen LogP contribution in [0, 0.1) is 3.57 Å². The Kier molecular flexibility index (Phi) is 3.11. The monoisotopic (exact) mass is 343 g/mol. The summed E-state index contributed by atoms with van der Waals surface area (Å²) < 4.78 is 5.96. The Hall–Kier alpha value is -1.11. The van der Waals surface area contributed by atoms with E-state index in [4.69, 9.17) is 10.2 Å². The predicted octanol–water partition coefficient (Wildman–Crippen LogP) is 3.22. The van der Waals surface area contributed by atoms with Crippen LogP contribution in [0.2, 0.25) is 0 Å². The minimum Gasteiger partial charge on any atom is -0.472 e. The number of halogens is 1. The van der Waals surface area contributed by atoms with E-state index in [0.29, 0.717) is 11.6 Å². The topological polar surface area (TPSA) is 64.9 Å². The maximum atomic E-state index is 5.94. The van der Waals surface area contributed by atoms with Gasteiger partial charge >= 0.3 is 0 Å². The highest BCUT2D eigenvalue weighted by Crippen LogP contribution is 2.30. The van der Waals surface area contributed by atoms with E-state index in [9.17, 15) is 0 Å². The zero-order chi connectivity index (χ0) is 12.6. The summed E-state index contributed by atoms with van der Waals surface area (Å²) in [5.74, 6) is 1.13. The first kappa shape index (κ1) is 12.3. The van der Waals surface area contributed by atoms with Crippen molar-refractivity contribution in [3.8, 4) is 11.4 Å². The second-order valence-corrected chi connectivity index (χ2v) is 5.94. The average Bonchev–Trinajstić information content (AvgIpc) is 2.73. The number of furan rings is 1. The summed E-state index contributed by atoms with van der Waals surface area (Å²) in [5.41, 5.74) is 7.68. The van der Waals surface area contributed by atoms with Crippen molar-refractivity contribution in [3.05, 3.63) is 27.9 Å². The summed E-state index contributed by atoms with van der Waals surface area (Å²) in [6.45, 7) is 6.32. The van der Waals surface area contributed by atoms with E-state index in [2.05, 4.69) is 53.3 Å². The summed E-state index contributed by atoms with van der Waals surface area (Å²) >= 11 is 2.19. The molecule has 0 aliphatic heterocycles. The molecule has 2 N–H and O–H groups in total. The van der Waals surface area contributed by atoms with Crippen LogP contribution in [-0.4, -0.2) is 9.97 Å². The van der Waals surface area contributed by atoms with Crippen LogP contribution in [0.4, 0.5) is 5.82 Å². The molecule has 0 aromatic carbocycles. The van der Waals surface area contributed by atoms with Gasteiger partial charge in [0.05, 0.1) is 21.1 Å². The molecule has 0 spiro atoms. The highest BCUT2D eigenvalue weighted by molar-refractivity contribution is 14.1. The van der Waals surface area contributed by atoms with Crippen molar-refractivity contribution in [2.75, 3.05) is 5.73 Å². The van der Waals surface area contributed by atoms with Crippen molar-refractivity contribution in [1.29, 1.82) is 0 Å². The van der Waals surface area contributed by atoms with E-state index < -0.39 is 0 Å². The Morgan fingerprint density at radius 3 is 2.53 bits per heavy atom. The molecule has 4 nitrogen and oxygen atoms in total. The van der Waals surface area contributed by atoms with Gasteiger partial charge in [-0.2, -0.15) is 0 Å². The van der Waals surface area contributed by atoms with Gasteiger partial charge in [0.25, 0.3) is 0 Å². The second kappa shape index (κ2) is 4.29. The van der Waals surface area contributed by atoms with Gasteiger partial charge in [0.15, 0.2) is 5.82 Å². The molecule has 2 aromatic rings. The minimum atomic E-state index is -0.0634. The fourth-order valence-corrected chi connectivity index (χ4v) is 2.53. The molecule has 0 aliphatic rings. The Morgan fingerprint density at radius 2 is 2.00 bits per heavy atom. The average molecular weight is 343 g/mol. The number of rotatable bonds is 1. The summed E-state index contributed by atoms with van der Waals surface area (Å²) in [6, 6.07) is 1.83. The van der Waals surface area contributed by atoms with Crippen LogP contribution in [0.25, 0.3) is 11.4 Å². The van der Waals surface area contributed by atoms with Crippen LogP contribution in [-0.2, 0) is 5.41 Å². The van der Waals surface area contributed by atoms with Gasteiger partial charge in [-0.3, -0.25) is 0 Å². The molecule has 0 unspecified atom stereocenters. The van der Waals surface area contributed by atoms with Crippen LogP contribution < -0.4 is 5.73 Å². The molecular formula is C12H14IN3O. The molecule has 0 amide bonds. The maximum absolute atomic E-state index is 5.94. The normalized spacial score (nSPS) is 11.8. The van der Waals surface area contributed by atoms with Gasteiger partial charge < -0.3 is 10.2 Å². The zero-order valence-corrected chi connectivity index (χ0v) is 12.1. The first-order valence-electron chi connectivity index (χ1n) is 5.25. The lowest BCUT2D eigenvalue weighted by Gasteiger charge is -2.20. The number of aromatic nitrogens is 2. The lowest BCUT2D eigenvalue weighted by Crippen LogP contribution is -2.18. The number of nitrogens with two attached hydrogens (primary N) is 1. The number of hydrogen-bond donors (Lipinski definition) is 1. The van der Waals surface area contributed by atoms with Crippen LogP contribution >= 0.6 is 22.6 Å². The molecule has 0 atom stereocenters. The van der Waals surface area contributed by atoms with Gasteiger partial charge in [0.2, 0.25) is 0 Å². The molecule has 2 aromatic heterocycles. The van der Waals surface area contributed by atoms with E-state index in [1.54, 1.807) is 12.5 Å². The van der Waals surface area contributed by atoms with Crippen molar-refractivity contribution in [3.63, 3.8) is 0 Å². The van der Waals surface area contributed by atoms with Crippen LogP contribution in [0.5, 0.6) is 0 Å². The van der Waals surface area contributed by atoms with E-state index in [1.165, 1.54) is 0 Å². The molecule has 0 saturated carbocycles. The molecule has 17 heavy (non-hydrogen) atoms. The molecule has 0 aliphatic carbocycles. The van der Waals surface area contributed by atoms with Crippen LogP contribution in [0.3, 0.4) is 0 Å². The number of hydrogen-bond acceptors (Lipinski definition) is 4. The number of anilines is 1. The smallest absolute Gasteiger partial charge is 0.165 e. The fraction of sp³-hybridized carbons (Fsp3) is 0.333. The Labute approximate surface area is 114 Å². The molecule has 0 bridgehead atoms. The van der Waals surface area contributed by atoms with Crippen LogP contribution in [0.15, 0.2) is 23.0 Å². The summed E-state index contributed by atoms with van der Waals surface area (Å²) in [7, 11) is 0. The predicted molar refractivity (Wildman–Crippen MR) is 75.6 cm³/mol. The highest BCUT2D eigenvalue weighted by atomic mass is 127. The fourth-order valence-electron chi connectivity index (χ4n) is 1.48. The van der Waals surface area contributed by atoms with E-state index >= 15 is 0 Å². The molecule has 2 heterocycles. The van der Waals surface area contributed by atoms with Crippen molar-refractivity contribution >= 4 is 28.4 Å². The van der Waals surface area contributed by atoms with Crippen LogP contribution in [0.1, 0.15) is 26.5 Å². The quantitative estimate of drug-likeness (QED) is 0.808. The lowest BCUT2D eigenvalue weighted by molar-refractivity contribution is 0.562. The summed E-state index contributed by atoms with van der Waals surface area (Å²) in [5, 5.41) is 0. The standard InChI is InChI=1S/C12H14IN3O/c1-12(2,3)9-8(13)10(14)16-11(15-9)7-4-5-17-6-7/h4-6H,1-3H3,(H2,14,15,16). The third-order valence-electron chi connectivity index (χ3n) is 2.37. The third kappa shape index (κ3) is 2.43. The van der Waals surface area contributed by atoms with Crippen molar-refractivity contribution in [2.45, 2.75) is 26.2 Å². The van der Waals surface area contributed by atoms with Gasteiger partial charge in [-0.05, 0) is 28.7 Å². The zero-order valence-electron chi connectivity index (χ0n) is 9.99. The summed E-state index contributed by atoms with van der Waals surface area (Å²) in [6.07, 6.45) is 3.22. The van der Waals surface area contributed by atoms with Crippen molar-refractivity contribution < 1.29 is 4.42 Å². The van der Waals surface area contributed by atoms with E-state index in [1.807, 2.05) is 6.07 Å². The molecular weight excluding hydrogens is 329 g/mol. The van der Waals surface area contributed by atoms with Gasteiger partial charge in [-0.25, -0.2) is 9.97 Å². The second-order valence-electron chi connectivity index (χ2n) is 4.86. The lowest BCUT2D eigenvalue weighted by atomic mass is 9.92. The first-order chi connectivity index (χ1) is 7.89. The van der Waals surface area contributed by atoms with Gasteiger partial charge in [-0.15, -0.1) is 0 Å². The van der Waals surface area contributed by atoms with Gasteiger partial charge in [-0.1, -0.05) is 20.8 Å². The largest absolute Gasteiger partial charge is 0.472 e. The van der Waals surface area contributed by atoms with Crippen molar-refractivity contribution in [1.82, 2.24) is 9.97 Å². The van der Waals surface area contributed by atoms with Gasteiger partial charge in [0.1, 0.15) is 12.1 Å². The molecule has 0 radical (unpaired) electrons. The Morgan fingerprint density at radius 1 is 1.29 bits per heavy atom. The molecule has 0 fully saturated rings. The molecule has 90 valence electrons. The highest BCUT2D eigenvalue weighted by Gasteiger charge is 2.22. The Balaban J connectivity index is 2.62. The van der Waals surface area contributed by atoms with Crippen molar-refractivity contribution in [2.24, 2.45) is 0 Å². The molecule has 0 saturated heterocycles. The van der Waals surface area contributed by atoms with E-state index in [0.717, 1.165) is 14.8 Å².